The highest BCUT2D eigenvalue weighted by molar-refractivity contribution is 5.40. The number of fused-ring (bicyclic) bond motifs is 1. The molecule has 0 fully saturated rings. The molecule has 0 bridgehead atoms. The topological polar surface area (TPSA) is 47.0 Å². The Morgan fingerprint density at radius 1 is 1.29 bits per heavy atom. The Kier molecular flexibility index (Phi) is 3.78. The molecule has 3 rings (SSSR count). The number of hydrogen-bond donors (Lipinski definition) is 1. The van der Waals surface area contributed by atoms with Gasteiger partial charge < -0.3 is 10.1 Å². The van der Waals surface area contributed by atoms with E-state index >= 15 is 0 Å². The van der Waals surface area contributed by atoms with Crippen molar-refractivity contribution in [1.29, 1.82) is 0 Å². The van der Waals surface area contributed by atoms with Crippen LogP contribution in [-0.4, -0.2) is 17.0 Å². The lowest BCUT2D eigenvalue weighted by atomic mass is 10.1. The van der Waals surface area contributed by atoms with Gasteiger partial charge in [-0.1, -0.05) is 32.0 Å². The minimum Gasteiger partial charge on any atom is -0.482 e. The van der Waals surface area contributed by atoms with Crippen molar-refractivity contribution in [3.8, 4) is 5.75 Å². The zero-order chi connectivity index (χ0) is 14.8. The molecular formula is C17H21N3O. The first-order valence-corrected chi connectivity index (χ1v) is 7.46. The van der Waals surface area contributed by atoms with Crippen LogP contribution in [0.3, 0.4) is 0 Å². The van der Waals surface area contributed by atoms with Crippen LogP contribution in [0.15, 0.2) is 30.3 Å². The molecule has 0 saturated heterocycles. The second-order valence-corrected chi connectivity index (χ2v) is 5.87. The molecule has 0 aliphatic carbocycles. The van der Waals surface area contributed by atoms with Gasteiger partial charge in [0, 0.05) is 25.2 Å². The molecule has 4 nitrogen and oxygen atoms in total. The number of benzene rings is 1. The number of nitrogens with zero attached hydrogens (tertiary/aromatic N) is 2. The molecule has 1 aromatic heterocycles. The molecule has 0 saturated carbocycles. The van der Waals surface area contributed by atoms with Gasteiger partial charge in [-0.3, -0.25) is 0 Å². The molecule has 1 aliphatic heterocycles. The van der Waals surface area contributed by atoms with Crippen LogP contribution in [0.4, 0.5) is 5.82 Å². The summed E-state index contributed by atoms with van der Waals surface area (Å²) < 4.78 is 6.00. The van der Waals surface area contributed by atoms with Gasteiger partial charge in [-0.25, -0.2) is 9.97 Å². The highest BCUT2D eigenvalue weighted by Gasteiger charge is 2.27. The number of anilines is 1. The van der Waals surface area contributed by atoms with E-state index < -0.39 is 0 Å². The normalized spacial score (nSPS) is 16.7. The van der Waals surface area contributed by atoms with Crippen LogP contribution < -0.4 is 10.1 Å². The molecule has 21 heavy (non-hydrogen) atoms. The van der Waals surface area contributed by atoms with Gasteiger partial charge in [0.2, 0.25) is 0 Å². The van der Waals surface area contributed by atoms with E-state index in [0.29, 0.717) is 5.92 Å². The SMILES string of the molecule is CNc1cc(CC(C)C)nc(C2Cc3ccccc3O2)n1. The van der Waals surface area contributed by atoms with Gasteiger partial charge in [0.1, 0.15) is 11.6 Å². The number of rotatable bonds is 4. The molecule has 1 atom stereocenters. The van der Waals surface area contributed by atoms with E-state index in [-0.39, 0.29) is 6.10 Å². The maximum absolute atomic E-state index is 6.00. The molecule has 1 aromatic carbocycles. The van der Waals surface area contributed by atoms with E-state index in [4.69, 9.17) is 9.72 Å². The fourth-order valence-electron chi connectivity index (χ4n) is 2.64. The quantitative estimate of drug-likeness (QED) is 0.934. The fourth-order valence-corrected chi connectivity index (χ4v) is 2.64. The second kappa shape index (κ2) is 5.72. The van der Waals surface area contributed by atoms with E-state index in [1.54, 1.807) is 0 Å². The van der Waals surface area contributed by atoms with E-state index in [2.05, 4.69) is 30.2 Å². The minimum absolute atomic E-state index is 0.0818. The predicted molar refractivity (Wildman–Crippen MR) is 83.6 cm³/mol. The monoisotopic (exact) mass is 283 g/mol. The van der Waals surface area contributed by atoms with Crippen LogP contribution in [0.1, 0.15) is 37.0 Å². The van der Waals surface area contributed by atoms with Gasteiger partial charge in [0.05, 0.1) is 0 Å². The standard InChI is InChI=1S/C17H21N3O/c1-11(2)8-13-10-16(18-3)20-17(19-13)15-9-12-6-4-5-7-14(12)21-15/h4-7,10-11,15H,8-9H2,1-3H3,(H,18,19,20). The van der Waals surface area contributed by atoms with Crippen LogP contribution >= 0.6 is 0 Å². The highest BCUT2D eigenvalue weighted by atomic mass is 16.5. The van der Waals surface area contributed by atoms with Crippen LogP contribution in [0.2, 0.25) is 0 Å². The zero-order valence-electron chi connectivity index (χ0n) is 12.8. The van der Waals surface area contributed by atoms with E-state index in [0.717, 1.165) is 35.9 Å². The summed E-state index contributed by atoms with van der Waals surface area (Å²) in [6, 6.07) is 10.2. The Labute approximate surface area is 125 Å². The lowest BCUT2D eigenvalue weighted by molar-refractivity contribution is 0.227. The smallest absolute Gasteiger partial charge is 0.172 e. The second-order valence-electron chi connectivity index (χ2n) is 5.87. The molecular weight excluding hydrogens is 262 g/mol. The summed E-state index contributed by atoms with van der Waals surface area (Å²) in [7, 11) is 1.88. The summed E-state index contributed by atoms with van der Waals surface area (Å²) >= 11 is 0. The van der Waals surface area contributed by atoms with Gasteiger partial charge in [0.15, 0.2) is 11.9 Å². The first-order valence-electron chi connectivity index (χ1n) is 7.46. The van der Waals surface area contributed by atoms with Crippen molar-refractivity contribution in [2.45, 2.75) is 32.8 Å². The maximum Gasteiger partial charge on any atom is 0.172 e. The van der Waals surface area contributed by atoms with Gasteiger partial charge in [-0.05, 0) is 24.0 Å². The fraction of sp³-hybridized carbons (Fsp3) is 0.412. The van der Waals surface area contributed by atoms with Crippen LogP contribution in [0.5, 0.6) is 5.75 Å². The molecule has 1 aliphatic rings. The van der Waals surface area contributed by atoms with Crippen molar-refractivity contribution in [3.05, 3.63) is 47.4 Å². The van der Waals surface area contributed by atoms with Gasteiger partial charge in [0.25, 0.3) is 0 Å². The summed E-state index contributed by atoms with van der Waals surface area (Å²) in [5, 5.41) is 3.12. The Morgan fingerprint density at radius 2 is 2.10 bits per heavy atom. The average Bonchev–Trinajstić information content (AvgIpc) is 2.90. The zero-order valence-corrected chi connectivity index (χ0v) is 12.8. The Morgan fingerprint density at radius 3 is 2.81 bits per heavy atom. The number of nitrogens with one attached hydrogen (secondary N) is 1. The number of hydrogen-bond acceptors (Lipinski definition) is 4. The third kappa shape index (κ3) is 2.99. The third-order valence-corrected chi connectivity index (χ3v) is 3.61. The van der Waals surface area contributed by atoms with Crippen molar-refractivity contribution in [1.82, 2.24) is 9.97 Å². The average molecular weight is 283 g/mol. The summed E-state index contributed by atoms with van der Waals surface area (Å²) in [5.41, 5.74) is 2.30. The van der Waals surface area contributed by atoms with Crippen molar-refractivity contribution in [2.24, 2.45) is 5.92 Å². The third-order valence-electron chi connectivity index (χ3n) is 3.61. The van der Waals surface area contributed by atoms with E-state index in [9.17, 15) is 0 Å². The van der Waals surface area contributed by atoms with E-state index in [1.807, 2.05) is 31.3 Å². The van der Waals surface area contributed by atoms with Crippen molar-refractivity contribution >= 4 is 5.82 Å². The number of aromatic nitrogens is 2. The largest absolute Gasteiger partial charge is 0.482 e. The Balaban J connectivity index is 1.89. The molecule has 4 heteroatoms. The molecule has 0 radical (unpaired) electrons. The Hall–Kier alpha value is -2.10. The van der Waals surface area contributed by atoms with E-state index in [1.165, 1.54) is 5.56 Å². The van der Waals surface area contributed by atoms with Gasteiger partial charge in [-0.2, -0.15) is 0 Å². The number of para-hydroxylation sites is 1. The highest BCUT2D eigenvalue weighted by Crippen LogP contribution is 2.35. The molecule has 1 N–H and O–H groups in total. The lowest BCUT2D eigenvalue weighted by Gasteiger charge is -2.13. The lowest BCUT2D eigenvalue weighted by Crippen LogP contribution is -2.12. The molecule has 0 amide bonds. The molecule has 2 aromatic rings. The van der Waals surface area contributed by atoms with Crippen molar-refractivity contribution < 1.29 is 4.74 Å². The molecule has 2 heterocycles. The summed E-state index contributed by atoms with van der Waals surface area (Å²) in [6.45, 7) is 4.39. The van der Waals surface area contributed by atoms with Gasteiger partial charge in [-0.15, -0.1) is 0 Å². The van der Waals surface area contributed by atoms with Crippen LogP contribution in [0, 0.1) is 5.92 Å². The van der Waals surface area contributed by atoms with Crippen LogP contribution in [-0.2, 0) is 12.8 Å². The molecule has 1 unspecified atom stereocenters. The summed E-state index contributed by atoms with van der Waals surface area (Å²) in [6.07, 6.45) is 1.70. The maximum atomic E-state index is 6.00. The minimum atomic E-state index is -0.0818. The predicted octanol–water partition coefficient (Wildman–Crippen LogP) is 3.39. The molecule has 110 valence electrons. The van der Waals surface area contributed by atoms with Crippen molar-refractivity contribution in [2.75, 3.05) is 12.4 Å². The molecule has 0 spiro atoms. The number of ether oxygens (including phenoxy) is 1. The van der Waals surface area contributed by atoms with Gasteiger partial charge >= 0.3 is 0 Å². The first-order chi connectivity index (χ1) is 10.2. The first kappa shape index (κ1) is 13.9. The Bertz CT molecular complexity index is 615. The summed E-state index contributed by atoms with van der Waals surface area (Å²) in [5.74, 6) is 3.15. The van der Waals surface area contributed by atoms with Crippen molar-refractivity contribution in [3.63, 3.8) is 0 Å². The summed E-state index contributed by atoms with van der Waals surface area (Å²) in [4.78, 5) is 9.29. The van der Waals surface area contributed by atoms with Crippen LogP contribution in [0.25, 0.3) is 0 Å².